The highest BCUT2D eigenvalue weighted by atomic mass is 16.4. The van der Waals surface area contributed by atoms with Crippen molar-refractivity contribution in [3.8, 4) is 0 Å². The molecule has 0 atom stereocenters. The van der Waals surface area contributed by atoms with E-state index in [1.54, 1.807) is 18.3 Å². The molecule has 0 unspecified atom stereocenters. The molecule has 2 aliphatic rings. The number of likely N-dealkylation sites (tertiary alicyclic amines) is 1. The van der Waals surface area contributed by atoms with Crippen LogP contribution in [0.3, 0.4) is 0 Å². The number of aromatic carboxylic acids is 1. The Kier molecular flexibility index (Phi) is 3.27. The molecule has 1 aromatic rings. The molecular formula is C15H20N2O2. The summed E-state index contributed by atoms with van der Waals surface area (Å²) in [5.74, 6) is -0.879. The van der Waals surface area contributed by atoms with E-state index in [0.717, 1.165) is 25.3 Å². The first kappa shape index (κ1) is 12.6. The van der Waals surface area contributed by atoms with Gasteiger partial charge in [0, 0.05) is 25.8 Å². The Bertz CT molecular complexity index is 473. The Hall–Kier alpha value is -1.42. The van der Waals surface area contributed by atoms with Crippen LogP contribution in [0, 0.1) is 5.41 Å². The van der Waals surface area contributed by atoms with Gasteiger partial charge in [-0.1, -0.05) is 19.3 Å². The zero-order chi connectivity index (χ0) is 13.3. The fourth-order valence-electron chi connectivity index (χ4n) is 3.56. The zero-order valence-electron chi connectivity index (χ0n) is 11.1. The first-order valence-electron chi connectivity index (χ1n) is 7.08. The lowest BCUT2D eigenvalue weighted by atomic mass is 9.68. The summed E-state index contributed by atoms with van der Waals surface area (Å²) in [5, 5.41) is 8.97. The van der Waals surface area contributed by atoms with Crippen molar-refractivity contribution in [2.24, 2.45) is 5.41 Å². The summed E-state index contributed by atoms with van der Waals surface area (Å²) in [6.45, 7) is 3.10. The van der Waals surface area contributed by atoms with Crippen molar-refractivity contribution in [1.29, 1.82) is 0 Å². The summed E-state index contributed by atoms with van der Waals surface area (Å²) in [6, 6.07) is 3.23. The molecule has 1 aliphatic heterocycles. The van der Waals surface area contributed by atoms with Gasteiger partial charge in [0.1, 0.15) is 0 Å². The smallest absolute Gasteiger partial charge is 0.335 e. The summed E-state index contributed by atoms with van der Waals surface area (Å²) in [4.78, 5) is 17.6. The molecule has 2 fully saturated rings. The van der Waals surface area contributed by atoms with Crippen LogP contribution < -0.4 is 0 Å². The highest BCUT2D eigenvalue weighted by molar-refractivity contribution is 5.87. The van der Waals surface area contributed by atoms with Crippen molar-refractivity contribution in [1.82, 2.24) is 9.88 Å². The summed E-state index contributed by atoms with van der Waals surface area (Å²) >= 11 is 0. The van der Waals surface area contributed by atoms with Crippen molar-refractivity contribution in [2.45, 2.75) is 38.6 Å². The number of carboxylic acid groups (broad SMARTS) is 1. The van der Waals surface area contributed by atoms with Crippen LogP contribution >= 0.6 is 0 Å². The molecule has 4 nitrogen and oxygen atoms in total. The number of hydrogen-bond acceptors (Lipinski definition) is 3. The van der Waals surface area contributed by atoms with Crippen LogP contribution in [-0.2, 0) is 6.54 Å². The second-order valence-electron chi connectivity index (χ2n) is 6.05. The predicted octanol–water partition coefficient (Wildman–Crippen LogP) is 2.55. The topological polar surface area (TPSA) is 53.4 Å². The molecule has 3 rings (SSSR count). The molecule has 0 bridgehead atoms. The van der Waals surface area contributed by atoms with E-state index in [2.05, 4.69) is 9.88 Å². The lowest BCUT2D eigenvalue weighted by Gasteiger charge is -2.52. The Morgan fingerprint density at radius 1 is 1.32 bits per heavy atom. The third-order valence-electron chi connectivity index (χ3n) is 4.48. The molecule has 0 aromatic carbocycles. The molecule has 0 amide bonds. The summed E-state index contributed by atoms with van der Waals surface area (Å²) < 4.78 is 0. The van der Waals surface area contributed by atoms with Crippen molar-refractivity contribution in [3.63, 3.8) is 0 Å². The minimum Gasteiger partial charge on any atom is -0.478 e. The highest BCUT2D eigenvalue weighted by Crippen LogP contribution is 2.44. The van der Waals surface area contributed by atoms with Gasteiger partial charge in [0.25, 0.3) is 0 Å². The Balaban J connectivity index is 1.58. The number of carboxylic acids is 1. The minimum atomic E-state index is -0.879. The maximum Gasteiger partial charge on any atom is 0.335 e. The first-order valence-corrected chi connectivity index (χ1v) is 7.08. The molecule has 0 radical (unpaired) electrons. The summed E-state index contributed by atoms with van der Waals surface area (Å²) in [5.41, 5.74) is 1.77. The van der Waals surface area contributed by atoms with Gasteiger partial charge >= 0.3 is 5.97 Å². The average molecular weight is 260 g/mol. The molecule has 1 aliphatic carbocycles. The molecule has 2 heterocycles. The number of aromatic nitrogens is 1. The summed E-state index contributed by atoms with van der Waals surface area (Å²) in [6.07, 6.45) is 8.47. The molecule has 102 valence electrons. The number of nitrogens with zero attached hydrogens (tertiary/aromatic N) is 2. The number of hydrogen-bond donors (Lipinski definition) is 1. The minimum absolute atomic E-state index is 0.331. The van der Waals surface area contributed by atoms with Gasteiger partial charge in [-0.15, -0.1) is 0 Å². The molecule has 1 spiro atoms. The van der Waals surface area contributed by atoms with Crippen LogP contribution in [0.2, 0.25) is 0 Å². The summed E-state index contributed by atoms with van der Waals surface area (Å²) in [7, 11) is 0. The van der Waals surface area contributed by atoms with E-state index in [-0.39, 0.29) is 0 Å². The third-order valence-corrected chi connectivity index (χ3v) is 4.48. The number of pyridine rings is 1. The van der Waals surface area contributed by atoms with Crippen molar-refractivity contribution in [2.75, 3.05) is 13.1 Å². The van der Waals surface area contributed by atoms with Gasteiger partial charge in [0.2, 0.25) is 0 Å². The number of rotatable bonds is 3. The molecule has 1 aromatic heterocycles. The van der Waals surface area contributed by atoms with Crippen molar-refractivity contribution >= 4 is 5.97 Å². The van der Waals surface area contributed by atoms with E-state index in [0.29, 0.717) is 11.0 Å². The van der Waals surface area contributed by atoms with E-state index >= 15 is 0 Å². The van der Waals surface area contributed by atoms with Gasteiger partial charge < -0.3 is 5.11 Å². The fraction of sp³-hybridized carbons (Fsp3) is 0.600. The van der Waals surface area contributed by atoms with Crippen molar-refractivity contribution < 1.29 is 9.90 Å². The molecule has 1 saturated carbocycles. The standard InChI is InChI=1S/C15H20N2O2/c18-14(19)12-4-7-16-13(8-12)9-17-10-15(11-17)5-2-1-3-6-15/h4,7-8H,1-3,5-6,9-11H2,(H,18,19). The SMILES string of the molecule is O=C(O)c1ccnc(CN2CC3(CCCCC3)C2)c1. The van der Waals surface area contributed by atoms with Crippen LogP contribution in [0.15, 0.2) is 18.3 Å². The van der Waals surface area contributed by atoms with Gasteiger partial charge in [-0.2, -0.15) is 0 Å². The predicted molar refractivity (Wildman–Crippen MR) is 72.0 cm³/mol. The third kappa shape index (κ3) is 2.63. The first-order chi connectivity index (χ1) is 9.17. The van der Waals surface area contributed by atoms with Crippen molar-refractivity contribution in [3.05, 3.63) is 29.6 Å². The maximum atomic E-state index is 10.9. The normalized spacial score (nSPS) is 22.1. The largest absolute Gasteiger partial charge is 0.478 e. The zero-order valence-corrected chi connectivity index (χ0v) is 11.1. The van der Waals surface area contributed by atoms with E-state index in [1.165, 1.54) is 32.1 Å². The second-order valence-corrected chi connectivity index (χ2v) is 6.05. The highest BCUT2D eigenvalue weighted by Gasteiger charge is 2.42. The lowest BCUT2D eigenvalue weighted by molar-refractivity contribution is -0.0339. The molecule has 1 saturated heterocycles. The second kappa shape index (κ2) is 4.93. The van der Waals surface area contributed by atoms with E-state index < -0.39 is 5.97 Å². The van der Waals surface area contributed by atoms with Crippen LogP contribution in [-0.4, -0.2) is 34.0 Å². The van der Waals surface area contributed by atoms with E-state index in [4.69, 9.17) is 5.11 Å². The van der Waals surface area contributed by atoms with Gasteiger partial charge in [-0.05, 0) is 30.4 Å². The Morgan fingerprint density at radius 3 is 2.74 bits per heavy atom. The van der Waals surface area contributed by atoms with Crippen LogP contribution in [0.25, 0.3) is 0 Å². The van der Waals surface area contributed by atoms with Gasteiger partial charge in [-0.3, -0.25) is 9.88 Å². The maximum absolute atomic E-state index is 10.9. The molecule has 1 N–H and O–H groups in total. The van der Waals surface area contributed by atoms with E-state index in [1.807, 2.05) is 0 Å². The molecular weight excluding hydrogens is 240 g/mol. The van der Waals surface area contributed by atoms with Gasteiger partial charge in [0.05, 0.1) is 11.3 Å². The van der Waals surface area contributed by atoms with Gasteiger partial charge in [-0.25, -0.2) is 4.79 Å². The Morgan fingerprint density at radius 2 is 2.05 bits per heavy atom. The lowest BCUT2D eigenvalue weighted by Crippen LogP contribution is -2.56. The quantitative estimate of drug-likeness (QED) is 0.907. The Labute approximate surface area is 113 Å². The number of carbonyl (C=O) groups is 1. The van der Waals surface area contributed by atoms with E-state index in [9.17, 15) is 4.79 Å². The fourth-order valence-corrected chi connectivity index (χ4v) is 3.56. The van der Waals surface area contributed by atoms with Crippen LogP contribution in [0.1, 0.15) is 48.2 Å². The molecule has 4 heteroatoms. The average Bonchev–Trinajstić information content (AvgIpc) is 2.38. The molecule has 19 heavy (non-hydrogen) atoms. The monoisotopic (exact) mass is 260 g/mol. The van der Waals surface area contributed by atoms with Gasteiger partial charge in [0.15, 0.2) is 0 Å². The van der Waals surface area contributed by atoms with Crippen LogP contribution in [0.4, 0.5) is 0 Å². The van der Waals surface area contributed by atoms with Crippen LogP contribution in [0.5, 0.6) is 0 Å².